The van der Waals surface area contributed by atoms with Gasteiger partial charge in [-0.3, -0.25) is 4.79 Å². The number of rotatable bonds is 3. The van der Waals surface area contributed by atoms with E-state index in [1.165, 1.54) is 6.92 Å². The lowest BCUT2D eigenvalue weighted by atomic mass is 9.76. The number of hydrogen-bond donors (Lipinski definition) is 2. The van der Waals surface area contributed by atoms with Crippen LogP contribution < -0.4 is 5.73 Å². The first kappa shape index (κ1) is 17.5. The minimum atomic E-state index is -4.12. The van der Waals surface area contributed by atoms with Gasteiger partial charge in [0.25, 0.3) is 0 Å². The van der Waals surface area contributed by atoms with Crippen LogP contribution in [0.3, 0.4) is 0 Å². The van der Waals surface area contributed by atoms with E-state index in [4.69, 9.17) is 10.8 Å². The summed E-state index contributed by atoms with van der Waals surface area (Å²) in [5.74, 6) is -2.34. The fourth-order valence-electron chi connectivity index (χ4n) is 2.38. The van der Waals surface area contributed by atoms with Crippen LogP contribution in [0.25, 0.3) is 0 Å². The van der Waals surface area contributed by atoms with Gasteiger partial charge in [-0.15, -0.1) is 12.4 Å². The molecule has 18 heavy (non-hydrogen) atoms. The van der Waals surface area contributed by atoms with Crippen LogP contribution in [-0.4, -0.2) is 22.8 Å². The van der Waals surface area contributed by atoms with Gasteiger partial charge in [-0.25, -0.2) is 0 Å². The average Bonchev–Trinajstić information content (AvgIpc) is 2.16. The number of alkyl halides is 3. The second-order valence-electron chi connectivity index (χ2n) is 5.19. The van der Waals surface area contributed by atoms with Gasteiger partial charge in [0.1, 0.15) is 5.54 Å². The SMILES string of the molecule is CC(N)(C[C@H]1CC[C@H](C(F)(F)F)CC1)C(=O)O.Cl. The molecule has 3 nitrogen and oxygen atoms in total. The maximum atomic E-state index is 12.4. The van der Waals surface area contributed by atoms with Crippen molar-refractivity contribution in [3.05, 3.63) is 0 Å². The van der Waals surface area contributed by atoms with Gasteiger partial charge in [-0.05, 0) is 44.9 Å². The van der Waals surface area contributed by atoms with Gasteiger partial charge >= 0.3 is 12.1 Å². The van der Waals surface area contributed by atoms with Crippen LogP contribution in [0.5, 0.6) is 0 Å². The van der Waals surface area contributed by atoms with Crippen LogP contribution in [0.1, 0.15) is 39.0 Å². The first-order valence-electron chi connectivity index (χ1n) is 5.72. The number of carbonyl (C=O) groups is 1. The largest absolute Gasteiger partial charge is 0.480 e. The number of aliphatic carboxylic acids is 1. The van der Waals surface area contributed by atoms with Crippen molar-refractivity contribution in [2.45, 2.75) is 50.7 Å². The van der Waals surface area contributed by atoms with E-state index < -0.39 is 23.6 Å². The third-order valence-corrected chi connectivity index (χ3v) is 3.51. The van der Waals surface area contributed by atoms with E-state index in [0.717, 1.165) is 0 Å². The Kier molecular flexibility index (Phi) is 5.94. The van der Waals surface area contributed by atoms with Crippen LogP contribution in [-0.2, 0) is 4.79 Å². The monoisotopic (exact) mass is 289 g/mol. The maximum Gasteiger partial charge on any atom is 0.391 e. The smallest absolute Gasteiger partial charge is 0.391 e. The number of nitrogens with two attached hydrogens (primary N) is 1. The molecule has 0 saturated heterocycles. The molecule has 1 unspecified atom stereocenters. The van der Waals surface area contributed by atoms with Crippen LogP contribution in [0.15, 0.2) is 0 Å². The molecule has 108 valence electrons. The van der Waals surface area contributed by atoms with Gasteiger partial charge in [0.2, 0.25) is 0 Å². The summed E-state index contributed by atoms with van der Waals surface area (Å²) in [5.41, 5.74) is 4.25. The van der Waals surface area contributed by atoms with E-state index in [9.17, 15) is 18.0 Å². The summed E-state index contributed by atoms with van der Waals surface area (Å²) in [6.07, 6.45) is -2.89. The highest BCUT2D eigenvalue weighted by Crippen LogP contribution is 2.41. The Balaban J connectivity index is 0.00000289. The van der Waals surface area contributed by atoms with E-state index in [1.807, 2.05) is 0 Å². The minimum absolute atomic E-state index is 0. The van der Waals surface area contributed by atoms with Crippen LogP contribution in [0.4, 0.5) is 13.2 Å². The highest BCUT2D eigenvalue weighted by Gasteiger charge is 2.42. The Bertz CT molecular complexity index is 287. The molecule has 0 heterocycles. The molecule has 0 aliphatic heterocycles. The molecule has 0 spiro atoms. The van der Waals surface area contributed by atoms with Gasteiger partial charge < -0.3 is 10.8 Å². The highest BCUT2D eigenvalue weighted by molar-refractivity contribution is 5.85. The van der Waals surface area contributed by atoms with Gasteiger partial charge in [0.15, 0.2) is 0 Å². The maximum absolute atomic E-state index is 12.4. The normalized spacial score (nSPS) is 28.1. The highest BCUT2D eigenvalue weighted by atomic mass is 35.5. The third-order valence-electron chi connectivity index (χ3n) is 3.51. The lowest BCUT2D eigenvalue weighted by Gasteiger charge is -2.33. The second kappa shape index (κ2) is 6.10. The summed E-state index contributed by atoms with van der Waals surface area (Å²) in [7, 11) is 0. The Morgan fingerprint density at radius 3 is 2.06 bits per heavy atom. The quantitative estimate of drug-likeness (QED) is 0.839. The summed E-state index contributed by atoms with van der Waals surface area (Å²) in [4.78, 5) is 10.8. The molecule has 1 fully saturated rings. The summed E-state index contributed by atoms with van der Waals surface area (Å²) >= 11 is 0. The molecule has 0 bridgehead atoms. The number of carboxylic acid groups (broad SMARTS) is 1. The molecule has 7 heteroatoms. The summed E-state index contributed by atoms with van der Waals surface area (Å²) in [6, 6.07) is 0. The fraction of sp³-hybridized carbons (Fsp3) is 0.909. The molecular weight excluding hydrogens is 271 g/mol. The molecule has 1 aliphatic rings. The Morgan fingerprint density at radius 2 is 1.72 bits per heavy atom. The van der Waals surface area contributed by atoms with Gasteiger partial charge in [-0.1, -0.05) is 0 Å². The molecule has 1 saturated carbocycles. The average molecular weight is 290 g/mol. The van der Waals surface area contributed by atoms with Crippen molar-refractivity contribution in [2.75, 3.05) is 0 Å². The standard InChI is InChI=1S/C11H18F3NO2.ClH/c1-10(15,9(16)17)6-7-2-4-8(5-3-7)11(12,13)14;/h7-8H,2-6,15H2,1H3,(H,16,17);1H/t7-,8-,10?;. The molecule has 1 atom stereocenters. The minimum Gasteiger partial charge on any atom is -0.480 e. The Labute approximate surface area is 110 Å². The molecule has 0 aromatic heterocycles. The van der Waals surface area contributed by atoms with Crippen molar-refractivity contribution in [3.8, 4) is 0 Å². The van der Waals surface area contributed by atoms with Crippen LogP contribution >= 0.6 is 12.4 Å². The fourth-order valence-corrected chi connectivity index (χ4v) is 2.38. The number of carboxylic acids is 1. The topological polar surface area (TPSA) is 63.3 Å². The Morgan fingerprint density at radius 1 is 1.28 bits per heavy atom. The van der Waals surface area contributed by atoms with Crippen molar-refractivity contribution in [1.82, 2.24) is 0 Å². The molecular formula is C11H19ClF3NO2. The molecule has 1 rings (SSSR count). The van der Waals surface area contributed by atoms with Gasteiger partial charge in [-0.2, -0.15) is 13.2 Å². The van der Waals surface area contributed by atoms with Crippen molar-refractivity contribution >= 4 is 18.4 Å². The van der Waals surface area contributed by atoms with Crippen molar-refractivity contribution in [1.29, 1.82) is 0 Å². The number of hydrogen-bond acceptors (Lipinski definition) is 2. The van der Waals surface area contributed by atoms with Gasteiger partial charge in [0.05, 0.1) is 5.92 Å². The zero-order valence-corrected chi connectivity index (χ0v) is 11.0. The van der Waals surface area contributed by atoms with E-state index in [0.29, 0.717) is 12.8 Å². The second-order valence-corrected chi connectivity index (χ2v) is 5.19. The molecule has 3 N–H and O–H groups in total. The van der Waals surface area contributed by atoms with Crippen LogP contribution in [0, 0.1) is 11.8 Å². The predicted octanol–water partition coefficient (Wildman–Crippen LogP) is 2.97. The first-order chi connectivity index (χ1) is 7.63. The van der Waals surface area contributed by atoms with E-state index >= 15 is 0 Å². The van der Waals surface area contributed by atoms with E-state index in [2.05, 4.69) is 0 Å². The van der Waals surface area contributed by atoms with E-state index in [-0.39, 0.29) is 37.6 Å². The van der Waals surface area contributed by atoms with Crippen molar-refractivity contribution in [3.63, 3.8) is 0 Å². The predicted molar refractivity (Wildman–Crippen MR) is 63.6 cm³/mol. The molecule has 0 amide bonds. The zero-order chi connectivity index (χ0) is 13.3. The lowest BCUT2D eigenvalue weighted by Crippen LogP contribution is -2.46. The van der Waals surface area contributed by atoms with E-state index in [1.54, 1.807) is 0 Å². The third kappa shape index (κ3) is 4.65. The molecule has 0 aromatic rings. The first-order valence-corrected chi connectivity index (χ1v) is 5.72. The zero-order valence-electron chi connectivity index (χ0n) is 10.2. The van der Waals surface area contributed by atoms with Gasteiger partial charge in [0, 0.05) is 0 Å². The summed E-state index contributed by atoms with van der Waals surface area (Å²) in [5, 5.41) is 8.85. The van der Waals surface area contributed by atoms with Crippen LogP contribution in [0.2, 0.25) is 0 Å². The summed E-state index contributed by atoms with van der Waals surface area (Å²) in [6.45, 7) is 1.41. The molecule has 1 aliphatic carbocycles. The Hall–Kier alpha value is -0.490. The molecule has 0 radical (unpaired) electrons. The molecule has 0 aromatic carbocycles. The number of halogens is 4. The summed E-state index contributed by atoms with van der Waals surface area (Å²) < 4.78 is 37.2. The van der Waals surface area contributed by atoms with Crippen molar-refractivity contribution in [2.24, 2.45) is 17.6 Å². The van der Waals surface area contributed by atoms with Crippen molar-refractivity contribution < 1.29 is 23.1 Å². The lowest BCUT2D eigenvalue weighted by molar-refractivity contribution is -0.184.